The van der Waals surface area contributed by atoms with Gasteiger partial charge < -0.3 is 9.84 Å². The van der Waals surface area contributed by atoms with Crippen LogP contribution in [0.2, 0.25) is 0 Å². The van der Waals surface area contributed by atoms with E-state index < -0.39 is 12.0 Å². The molecule has 0 heterocycles. The molecule has 5 heteroatoms. The van der Waals surface area contributed by atoms with Crippen LogP contribution in [0.5, 0.6) is 5.75 Å². The number of nitrogens with one attached hydrogen (secondary N) is 1. The van der Waals surface area contributed by atoms with Crippen molar-refractivity contribution in [3.63, 3.8) is 0 Å². The van der Waals surface area contributed by atoms with Crippen LogP contribution in [0, 0.1) is 0 Å². The van der Waals surface area contributed by atoms with Gasteiger partial charge in [0, 0.05) is 0 Å². The van der Waals surface area contributed by atoms with Crippen LogP contribution in [0.25, 0.3) is 10.8 Å². The maximum atomic E-state index is 12.0. The van der Waals surface area contributed by atoms with Crippen LogP contribution in [-0.4, -0.2) is 17.2 Å². The minimum atomic E-state index is -1.26. The molecule has 154 valence electrons. The molecule has 0 saturated heterocycles. The molecule has 0 radical (unpaired) electrons. The highest BCUT2D eigenvalue weighted by atomic mass is 16.5. The number of amides is 1. The van der Waals surface area contributed by atoms with Crippen molar-refractivity contribution in [3.05, 3.63) is 114 Å². The van der Waals surface area contributed by atoms with E-state index in [-0.39, 0.29) is 0 Å². The predicted molar refractivity (Wildman–Crippen MR) is 122 cm³/mol. The number of hydrazone groups is 1. The van der Waals surface area contributed by atoms with Crippen LogP contribution >= 0.6 is 0 Å². The first-order chi connectivity index (χ1) is 15.2. The zero-order valence-corrected chi connectivity index (χ0v) is 16.8. The minimum Gasteiger partial charge on any atom is -0.489 e. The molecule has 0 aliphatic heterocycles. The molecule has 0 saturated carbocycles. The van der Waals surface area contributed by atoms with Crippen LogP contribution < -0.4 is 10.2 Å². The zero-order valence-electron chi connectivity index (χ0n) is 16.8. The molecule has 4 rings (SSSR count). The fourth-order valence-corrected chi connectivity index (χ4v) is 3.25. The van der Waals surface area contributed by atoms with E-state index in [9.17, 15) is 9.90 Å². The number of ether oxygens (including phenoxy) is 1. The lowest BCUT2D eigenvalue weighted by atomic mass is 10.1. The smallest absolute Gasteiger partial charge is 0.273 e. The number of carbonyl (C=O) groups is 1. The van der Waals surface area contributed by atoms with E-state index in [4.69, 9.17) is 4.74 Å². The highest BCUT2D eigenvalue weighted by Crippen LogP contribution is 2.21. The molecule has 0 unspecified atom stereocenters. The topological polar surface area (TPSA) is 70.9 Å². The van der Waals surface area contributed by atoms with E-state index in [1.54, 1.807) is 24.3 Å². The Morgan fingerprint density at radius 3 is 2.42 bits per heavy atom. The van der Waals surface area contributed by atoms with Crippen molar-refractivity contribution in [1.82, 2.24) is 5.43 Å². The van der Waals surface area contributed by atoms with E-state index in [2.05, 4.69) is 34.8 Å². The van der Waals surface area contributed by atoms with Crippen molar-refractivity contribution in [1.29, 1.82) is 0 Å². The summed E-state index contributed by atoms with van der Waals surface area (Å²) in [5.41, 5.74) is 4.80. The van der Waals surface area contributed by atoms with Crippen LogP contribution in [0.15, 0.2) is 102 Å². The van der Waals surface area contributed by atoms with Crippen LogP contribution in [0.1, 0.15) is 22.8 Å². The summed E-state index contributed by atoms with van der Waals surface area (Å²) in [5, 5.41) is 16.3. The van der Waals surface area contributed by atoms with Gasteiger partial charge in [0.1, 0.15) is 12.4 Å². The van der Waals surface area contributed by atoms with E-state index in [1.807, 2.05) is 48.5 Å². The number of hydrogen-bond acceptors (Lipinski definition) is 4. The molecule has 0 spiro atoms. The van der Waals surface area contributed by atoms with Gasteiger partial charge in [0.15, 0.2) is 6.10 Å². The van der Waals surface area contributed by atoms with Gasteiger partial charge in [0.05, 0.1) is 6.21 Å². The predicted octanol–water partition coefficient (Wildman–Crippen LogP) is 4.60. The highest BCUT2D eigenvalue weighted by Gasteiger charge is 2.15. The Morgan fingerprint density at radius 2 is 1.61 bits per heavy atom. The number of nitrogens with zero attached hydrogens (tertiary/aromatic N) is 1. The summed E-state index contributed by atoms with van der Waals surface area (Å²) in [5.74, 6) is 0.158. The fraction of sp³-hybridized carbons (Fsp3) is 0.0769. The number of rotatable bonds is 7. The number of aliphatic hydroxyl groups is 1. The molecule has 1 atom stereocenters. The standard InChI is InChI=1S/C26H22N2O3/c29-25(21-8-2-1-3-9-21)26(30)28-27-17-19-13-15-23(16-14-19)31-18-22-11-6-10-20-7-4-5-12-24(20)22/h1-17,25,29H,18H2,(H,28,30)/b27-17-/t25-/m0/s1. The summed E-state index contributed by atoms with van der Waals surface area (Å²) in [6, 6.07) is 30.5. The van der Waals surface area contributed by atoms with Crippen molar-refractivity contribution in [2.24, 2.45) is 5.10 Å². The first kappa shape index (κ1) is 20.3. The maximum absolute atomic E-state index is 12.0. The molecule has 0 aliphatic rings. The third-order valence-electron chi connectivity index (χ3n) is 4.91. The fourth-order valence-electron chi connectivity index (χ4n) is 3.25. The maximum Gasteiger partial charge on any atom is 0.273 e. The highest BCUT2D eigenvalue weighted by molar-refractivity contribution is 5.86. The van der Waals surface area contributed by atoms with Crippen LogP contribution in [-0.2, 0) is 11.4 Å². The van der Waals surface area contributed by atoms with E-state index in [1.165, 1.54) is 17.0 Å². The Bertz CT molecular complexity index is 1180. The molecule has 0 bridgehead atoms. The van der Waals surface area contributed by atoms with Gasteiger partial charge in [-0.05, 0) is 51.7 Å². The molecule has 1 amide bonds. The van der Waals surface area contributed by atoms with Gasteiger partial charge in [0.25, 0.3) is 5.91 Å². The first-order valence-corrected chi connectivity index (χ1v) is 9.96. The van der Waals surface area contributed by atoms with E-state index in [0.717, 1.165) is 16.9 Å². The van der Waals surface area contributed by atoms with Gasteiger partial charge >= 0.3 is 0 Å². The van der Waals surface area contributed by atoms with Crippen molar-refractivity contribution < 1.29 is 14.6 Å². The lowest BCUT2D eigenvalue weighted by Gasteiger charge is -2.09. The van der Waals surface area contributed by atoms with Gasteiger partial charge in [-0.1, -0.05) is 72.8 Å². The average molecular weight is 410 g/mol. The van der Waals surface area contributed by atoms with Gasteiger partial charge in [0.2, 0.25) is 0 Å². The number of fused-ring (bicyclic) bond motifs is 1. The zero-order chi connectivity index (χ0) is 21.5. The summed E-state index contributed by atoms with van der Waals surface area (Å²) in [6.07, 6.45) is 0.257. The Morgan fingerprint density at radius 1 is 0.903 bits per heavy atom. The molecule has 0 aromatic heterocycles. The second-order valence-electron chi connectivity index (χ2n) is 7.04. The SMILES string of the molecule is O=C(N/N=C\c1ccc(OCc2cccc3ccccc23)cc1)[C@@H](O)c1ccccc1. The largest absolute Gasteiger partial charge is 0.489 e. The molecule has 31 heavy (non-hydrogen) atoms. The third kappa shape index (κ3) is 5.15. The third-order valence-corrected chi connectivity index (χ3v) is 4.91. The van der Waals surface area contributed by atoms with Crippen molar-refractivity contribution in [2.45, 2.75) is 12.7 Å². The number of benzene rings is 4. The van der Waals surface area contributed by atoms with Crippen molar-refractivity contribution in [3.8, 4) is 5.75 Å². The molecule has 4 aromatic carbocycles. The Balaban J connectivity index is 1.32. The van der Waals surface area contributed by atoms with E-state index >= 15 is 0 Å². The molecular weight excluding hydrogens is 388 g/mol. The van der Waals surface area contributed by atoms with E-state index in [0.29, 0.717) is 12.2 Å². The minimum absolute atomic E-state index is 0.474. The number of hydrogen-bond donors (Lipinski definition) is 2. The second kappa shape index (κ2) is 9.69. The molecule has 0 aliphatic carbocycles. The average Bonchev–Trinajstić information content (AvgIpc) is 2.83. The van der Waals surface area contributed by atoms with Crippen molar-refractivity contribution >= 4 is 22.9 Å². The lowest BCUT2D eigenvalue weighted by molar-refractivity contribution is -0.129. The molecule has 0 fully saturated rings. The Kier molecular flexibility index (Phi) is 6.35. The van der Waals surface area contributed by atoms with Gasteiger partial charge in [-0.25, -0.2) is 5.43 Å². The quantitative estimate of drug-likeness (QED) is 0.345. The molecule has 4 aromatic rings. The summed E-state index contributed by atoms with van der Waals surface area (Å²) in [4.78, 5) is 12.0. The normalized spacial score (nSPS) is 12.0. The first-order valence-electron chi connectivity index (χ1n) is 9.96. The Hall–Kier alpha value is -3.96. The number of aliphatic hydroxyl groups excluding tert-OH is 1. The van der Waals surface area contributed by atoms with Crippen LogP contribution in [0.3, 0.4) is 0 Å². The van der Waals surface area contributed by atoms with Gasteiger partial charge in [-0.3, -0.25) is 4.79 Å². The molecular formula is C26H22N2O3. The second-order valence-corrected chi connectivity index (χ2v) is 7.04. The van der Waals surface area contributed by atoms with Gasteiger partial charge in [-0.15, -0.1) is 0 Å². The molecule has 5 nitrogen and oxygen atoms in total. The van der Waals surface area contributed by atoms with Crippen molar-refractivity contribution in [2.75, 3.05) is 0 Å². The monoisotopic (exact) mass is 410 g/mol. The summed E-state index contributed by atoms with van der Waals surface area (Å²) in [7, 11) is 0. The summed E-state index contributed by atoms with van der Waals surface area (Å²) < 4.78 is 5.93. The number of carbonyl (C=O) groups excluding carboxylic acids is 1. The summed E-state index contributed by atoms with van der Waals surface area (Å²) >= 11 is 0. The summed E-state index contributed by atoms with van der Waals surface area (Å²) in [6.45, 7) is 0.474. The Labute approximate surface area is 180 Å². The van der Waals surface area contributed by atoms with Crippen LogP contribution in [0.4, 0.5) is 0 Å². The van der Waals surface area contributed by atoms with Gasteiger partial charge in [-0.2, -0.15) is 5.10 Å². The lowest BCUT2D eigenvalue weighted by Crippen LogP contribution is -2.25. The molecule has 2 N–H and O–H groups in total.